The number of nitro benzene ring substituents is 1. The Balaban J connectivity index is 1.20. The molecule has 0 aliphatic carbocycles. The summed E-state index contributed by atoms with van der Waals surface area (Å²) in [4.78, 5) is 34.6. The Bertz CT molecular complexity index is 1560. The smallest absolute Gasteiger partial charge is 0.336 e. The topological polar surface area (TPSA) is 119 Å². The number of non-ortho nitro benzene ring substituents is 1. The Morgan fingerprint density at radius 2 is 1.63 bits per heavy atom. The highest BCUT2D eigenvalue weighted by molar-refractivity contribution is 5.96. The van der Waals surface area contributed by atoms with E-state index in [-0.39, 0.29) is 18.1 Å². The first-order valence-electron chi connectivity index (χ1n) is 14.4. The molecular weight excluding hydrogens is 544 g/mol. The number of aryl methyl sites for hydroxylation is 1. The molecule has 0 heterocycles. The number of rotatable bonds is 14. The maximum Gasteiger partial charge on any atom is 0.336 e. The molecule has 0 bridgehead atoms. The third-order valence-corrected chi connectivity index (χ3v) is 7.41. The number of carbonyl (C=O) groups is 2. The fourth-order valence-electron chi connectivity index (χ4n) is 4.94. The minimum absolute atomic E-state index is 0.0117. The molecule has 0 fully saturated rings. The van der Waals surface area contributed by atoms with Crippen molar-refractivity contribution in [3.05, 3.63) is 129 Å². The largest absolute Gasteiger partial charge is 0.493 e. The van der Waals surface area contributed by atoms with Crippen LogP contribution in [0.4, 0.5) is 5.69 Å². The molecule has 0 aliphatic rings. The zero-order chi connectivity index (χ0) is 30.8. The zero-order valence-corrected chi connectivity index (χ0v) is 24.4. The number of amides is 1. The van der Waals surface area contributed by atoms with E-state index in [1.807, 2.05) is 37.3 Å². The number of aromatic carboxylic acids is 1. The lowest BCUT2D eigenvalue weighted by molar-refractivity contribution is -0.384. The molecule has 43 heavy (non-hydrogen) atoms. The van der Waals surface area contributed by atoms with Crippen LogP contribution in [0, 0.1) is 23.0 Å². The number of unbranched alkanes of at least 4 members (excludes halogenated alkanes) is 1. The molecule has 4 aromatic carbocycles. The lowest BCUT2D eigenvalue weighted by atomic mass is 9.93. The van der Waals surface area contributed by atoms with Gasteiger partial charge in [0.1, 0.15) is 5.75 Å². The van der Waals surface area contributed by atoms with Gasteiger partial charge in [0.05, 0.1) is 17.1 Å². The molecule has 0 radical (unpaired) electrons. The Morgan fingerprint density at radius 1 is 0.930 bits per heavy atom. The van der Waals surface area contributed by atoms with Crippen LogP contribution in [0.3, 0.4) is 0 Å². The van der Waals surface area contributed by atoms with Gasteiger partial charge in [-0.2, -0.15) is 0 Å². The molecule has 4 rings (SSSR count). The summed E-state index contributed by atoms with van der Waals surface area (Å²) in [6, 6.07) is 26.6. The highest BCUT2D eigenvalue weighted by atomic mass is 16.6. The van der Waals surface area contributed by atoms with E-state index in [0.717, 1.165) is 47.9 Å². The number of benzene rings is 4. The molecule has 4 aromatic rings. The highest BCUT2D eigenvalue weighted by Crippen LogP contribution is 2.26. The molecule has 0 spiro atoms. The summed E-state index contributed by atoms with van der Waals surface area (Å²) in [6.07, 6.45) is 3.90. The number of nitrogens with one attached hydrogen (secondary N) is 1. The van der Waals surface area contributed by atoms with Crippen LogP contribution < -0.4 is 10.1 Å². The number of carboxylic acid groups (broad SMARTS) is 1. The second kappa shape index (κ2) is 14.8. The van der Waals surface area contributed by atoms with Crippen molar-refractivity contribution in [2.75, 3.05) is 6.61 Å². The zero-order valence-electron chi connectivity index (χ0n) is 24.4. The predicted octanol–water partition coefficient (Wildman–Crippen LogP) is 7.63. The number of hydrogen-bond donors (Lipinski definition) is 2. The van der Waals surface area contributed by atoms with Crippen LogP contribution >= 0.6 is 0 Å². The van der Waals surface area contributed by atoms with E-state index in [0.29, 0.717) is 29.4 Å². The summed E-state index contributed by atoms with van der Waals surface area (Å²) < 4.78 is 6.02. The predicted molar refractivity (Wildman–Crippen MR) is 166 cm³/mol. The lowest BCUT2D eigenvalue weighted by Crippen LogP contribution is -2.22. The van der Waals surface area contributed by atoms with Gasteiger partial charge in [-0.1, -0.05) is 74.0 Å². The normalized spacial score (nSPS) is 11.5. The van der Waals surface area contributed by atoms with Crippen LogP contribution in [0.5, 0.6) is 5.75 Å². The average Bonchev–Trinajstić information content (AvgIpc) is 3.01. The second-order valence-electron chi connectivity index (χ2n) is 10.8. The molecule has 1 amide bonds. The van der Waals surface area contributed by atoms with Crippen LogP contribution in [0.1, 0.15) is 63.6 Å². The summed E-state index contributed by atoms with van der Waals surface area (Å²) in [6.45, 7) is 5.00. The fraction of sp³-hybridized carbons (Fsp3) is 0.257. The first kappa shape index (κ1) is 31.0. The number of hydrogen-bond acceptors (Lipinski definition) is 5. The van der Waals surface area contributed by atoms with Crippen molar-refractivity contribution in [2.45, 2.75) is 46.1 Å². The highest BCUT2D eigenvalue weighted by Gasteiger charge is 2.12. The fourth-order valence-corrected chi connectivity index (χ4v) is 4.94. The van der Waals surface area contributed by atoms with Gasteiger partial charge >= 0.3 is 5.97 Å². The van der Waals surface area contributed by atoms with Crippen LogP contribution in [-0.4, -0.2) is 28.5 Å². The van der Waals surface area contributed by atoms with Crippen molar-refractivity contribution < 1.29 is 24.4 Å². The van der Waals surface area contributed by atoms with E-state index in [4.69, 9.17) is 4.74 Å². The average molecular weight is 581 g/mol. The molecule has 0 aliphatic heterocycles. The summed E-state index contributed by atoms with van der Waals surface area (Å²) in [7, 11) is 0. The van der Waals surface area contributed by atoms with Crippen molar-refractivity contribution in [1.82, 2.24) is 5.32 Å². The maximum absolute atomic E-state index is 12.7. The van der Waals surface area contributed by atoms with Crippen molar-refractivity contribution in [2.24, 2.45) is 5.92 Å². The van der Waals surface area contributed by atoms with Gasteiger partial charge in [-0.25, -0.2) is 4.79 Å². The summed E-state index contributed by atoms with van der Waals surface area (Å²) in [5, 5.41) is 23.1. The van der Waals surface area contributed by atoms with Crippen LogP contribution in [0.15, 0.2) is 91.0 Å². The summed E-state index contributed by atoms with van der Waals surface area (Å²) in [5.41, 5.74) is 5.37. The van der Waals surface area contributed by atoms with Crippen LogP contribution in [0.25, 0.3) is 11.1 Å². The minimum Gasteiger partial charge on any atom is -0.493 e. The second-order valence-corrected chi connectivity index (χ2v) is 10.8. The Hall–Kier alpha value is -4.98. The molecule has 8 nitrogen and oxygen atoms in total. The third kappa shape index (κ3) is 8.75. The van der Waals surface area contributed by atoms with Crippen molar-refractivity contribution in [3.63, 3.8) is 0 Å². The van der Waals surface area contributed by atoms with Gasteiger partial charge in [0.2, 0.25) is 0 Å². The van der Waals surface area contributed by atoms with E-state index < -0.39 is 10.9 Å². The number of nitrogens with zero attached hydrogens (tertiary/aromatic N) is 1. The van der Waals surface area contributed by atoms with E-state index in [1.165, 1.54) is 17.7 Å². The number of carboxylic acids is 1. The molecule has 8 heteroatoms. The van der Waals surface area contributed by atoms with Gasteiger partial charge in [-0.15, -0.1) is 0 Å². The van der Waals surface area contributed by atoms with Gasteiger partial charge in [-0.05, 0) is 78.1 Å². The van der Waals surface area contributed by atoms with Gasteiger partial charge in [-0.3, -0.25) is 14.9 Å². The quantitative estimate of drug-likeness (QED) is 0.0899. The SMILES string of the molecule is Cc1ccc(C(=O)NCc2ccc([N+](=O)[O-])cc2)cc1OCCCCC(C)Cc1ccc(-c2ccccc2C(=O)O)cc1. The molecule has 2 N–H and O–H groups in total. The minimum atomic E-state index is -0.928. The van der Waals surface area contributed by atoms with Gasteiger partial charge in [0.25, 0.3) is 11.6 Å². The molecule has 1 atom stereocenters. The van der Waals surface area contributed by atoms with Gasteiger partial charge in [0.15, 0.2) is 0 Å². The molecular formula is C35H36N2O6. The Labute approximate surface area is 251 Å². The molecule has 0 saturated carbocycles. The first-order chi connectivity index (χ1) is 20.7. The molecule has 1 unspecified atom stereocenters. The standard InChI is InChI=1S/C35H36N2O6/c1-24(21-26-11-16-28(17-12-26)31-8-3-4-9-32(31)35(39)40)7-5-6-20-43-33-22-29(15-10-25(33)2)34(38)36-23-27-13-18-30(19-14-27)37(41)42/h3-4,8-19,22,24H,5-7,20-21,23H2,1-2H3,(H,36,38)(H,39,40). The lowest BCUT2D eigenvalue weighted by Gasteiger charge is -2.14. The summed E-state index contributed by atoms with van der Waals surface area (Å²) >= 11 is 0. The third-order valence-electron chi connectivity index (χ3n) is 7.41. The number of ether oxygens (including phenoxy) is 1. The van der Waals surface area contributed by atoms with Crippen LogP contribution in [0.2, 0.25) is 0 Å². The van der Waals surface area contributed by atoms with Crippen molar-refractivity contribution in [3.8, 4) is 16.9 Å². The first-order valence-corrected chi connectivity index (χ1v) is 14.4. The molecule has 0 saturated heterocycles. The van der Waals surface area contributed by atoms with E-state index in [2.05, 4.69) is 24.4 Å². The summed E-state index contributed by atoms with van der Waals surface area (Å²) in [5.74, 6) is 0.000835. The van der Waals surface area contributed by atoms with Crippen molar-refractivity contribution >= 4 is 17.6 Å². The van der Waals surface area contributed by atoms with E-state index in [1.54, 1.807) is 36.4 Å². The van der Waals surface area contributed by atoms with Gasteiger partial charge < -0.3 is 15.2 Å². The Morgan fingerprint density at radius 3 is 2.33 bits per heavy atom. The van der Waals surface area contributed by atoms with E-state index in [9.17, 15) is 24.8 Å². The van der Waals surface area contributed by atoms with Crippen molar-refractivity contribution in [1.29, 1.82) is 0 Å². The molecule has 222 valence electrons. The maximum atomic E-state index is 12.7. The Kier molecular flexibility index (Phi) is 10.6. The van der Waals surface area contributed by atoms with Gasteiger partial charge in [0, 0.05) is 24.2 Å². The van der Waals surface area contributed by atoms with Crippen LogP contribution in [-0.2, 0) is 13.0 Å². The number of carbonyl (C=O) groups excluding carboxylic acids is 1. The monoisotopic (exact) mass is 580 g/mol. The molecule has 0 aromatic heterocycles. The number of nitro groups is 1. The van der Waals surface area contributed by atoms with E-state index >= 15 is 0 Å².